The van der Waals surface area contributed by atoms with E-state index in [1.54, 1.807) is 13.0 Å². The summed E-state index contributed by atoms with van der Waals surface area (Å²) in [5.41, 5.74) is 1.33. The third kappa shape index (κ3) is 3.51. The van der Waals surface area contributed by atoms with E-state index in [9.17, 15) is 9.18 Å². The second-order valence-corrected chi connectivity index (χ2v) is 3.85. The van der Waals surface area contributed by atoms with Crippen LogP contribution in [-0.4, -0.2) is 11.1 Å². The molecule has 1 rings (SSSR count). The normalized spacial score (nSPS) is 10.3. The first-order chi connectivity index (χ1) is 7.00. The van der Waals surface area contributed by atoms with Gasteiger partial charge >= 0.3 is 5.97 Å². The number of hydrogen-bond acceptors (Lipinski definition) is 1. The van der Waals surface area contributed by atoms with Gasteiger partial charge in [0, 0.05) is 11.4 Å². The van der Waals surface area contributed by atoms with E-state index < -0.39 is 5.97 Å². The molecule has 0 spiro atoms. The summed E-state index contributed by atoms with van der Waals surface area (Å²) in [6.07, 6.45) is 1.18. The smallest absolute Gasteiger partial charge is 0.303 e. The average molecular weight is 231 g/mol. The summed E-state index contributed by atoms with van der Waals surface area (Å²) in [6.45, 7) is 1.66. The monoisotopic (exact) mass is 230 g/mol. The van der Waals surface area contributed by atoms with Crippen molar-refractivity contribution in [3.05, 3.63) is 34.1 Å². The molecule has 0 fully saturated rings. The maximum absolute atomic E-state index is 13.0. The molecule has 1 N–H and O–H groups in total. The van der Waals surface area contributed by atoms with Crippen LogP contribution in [0.5, 0.6) is 0 Å². The summed E-state index contributed by atoms with van der Waals surface area (Å²) < 4.78 is 13.0. The second-order valence-electron chi connectivity index (χ2n) is 3.44. The quantitative estimate of drug-likeness (QED) is 0.863. The molecule has 0 aliphatic carbocycles. The highest BCUT2D eigenvalue weighted by Gasteiger charge is 2.06. The van der Waals surface area contributed by atoms with Crippen LogP contribution in [-0.2, 0) is 11.2 Å². The fraction of sp³-hybridized carbons (Fsp3) is 0.364. The molecule has 0 saturated carbocycles. The van der Waals surface area contributed by atoms with Crippen LogP contribution in [0.2, 0.25) is 5.02 Å². The number of benzene rings is 1. The minimum absolute atomic E-state index is 0.104. The Hall–Kier alpha value is -1.09. The van der Waals surface area contributed by atoms with Crippen molar-refractivity contribution in [2.24, 2.45) is 0 Å². The summed E-state index contributed by atoms with van der Waals surface area (Å²) in [5.74, 6) is -1.16. The Bertz CT molecular complexity index is 377. The van der Waals surface area contributed by atoms with Crippen LogP contribution in [0.3, 0.4) is 0 Å². The van der Waals surface area contributed by atoms with E-state index in [-0.39, 0.29) is 12.2 Å². The number of hydrogen-bond donors (Lipinski definition) is 1. The zero-order valence-electron chi connectivity index (χ0n) is 8.39. The van der Waals surface area contributed by atoms with Gasteiger partial charge in [0.15, 0.2) is 0 Å². The van der Waals surface area contributed by atoms with Crippen LogP contribution in [0.1, 0.15) is 24.0 Å². The number of carbonyl (C=O) groups is 1. The lowest BCUT2D eigenvalue weighted by Gasteiger charge is -2.05. The van der Waals surface area contributed by atoms with Gasteiger partial charge < -0.3 is 5.11 Å². The van der Waals surface area contributed by atoms with Crippen LogP contribution in [0, 0.1) is 12.7 Å². The molecule has 1 aromatic carbocycles. The average Bonchev–Trinajstić information content (AvgIpc) is 2.13. The Morgan fingerprint density at radius 1 is 1.53 bits per heavy atom. The third-order valence-electron chi connectivity index (χ3n) is 2.16. The molecule has 2 nitrogen and oxygen atoms in total. The van der Waals surface area contributed by atoms with E-state index in [1.165, 1.54) is 6.07 Å². The fourth-order valence-corrected chi connectivity index (χ4v) is 1.58. The maximum atomic E-state index is 13.0. The summed E-state index contributed by atoms with van der Waals surface area (Å²) >= 11 is 5.83. The fourth-order valence-electron chi connectivity index (χ4n) is 1.34. The molecule has 0 heterocycles. The number of aryl methyl sites for hydroxylation is 2. The topological polar surface area (TPSA) is 37.3 Å². The van der Waals surface area contributed by atoms with Gasteiger partial charge in [-0.25, -0.2) is 4.39 Å². The summed E-state index contributed by atoms with van der Waals surface area (Å²) in [6, 6.07) is 2.94. The van der Waals surface area contributed by atoms with Crippen molar-refractivity contribution in [2.45, 2.75) is 26.2 Å². The van der Waals surface area contributed by atoms with Gasteiger partial charge in [0.05, 0.1) is 0 Å². The van der Waals surface area contributed by atoms with E-state index >= 15 is 0 Å². The maximum Gasteiger partial charge on any atom is 0.303 e. The van der Waals surface area contributed by atoms with Crippen molar-refractivity contribution in [1.29, 1.82) is 0 Å². The molecule has 0 unspecified atom stereocenters. The molecule has 4 heteroatoms. The van der Waals surface area contributed by atoms with Crippen molar-refractivity contribution in [1.82, 2.24) is 0 Å². The number of rotatable bonds is 4. The molecule has 82 valence electrons. The van der Waals surface area contributed by atoms with Crippen molar-refractivity contribution in [2.75, 3.05) is 0 Å². The minimum atomic E-state index is -0.829. The lowest BCUT2D eigenvalue weighted by molar-refractivity contribution is -0.137. The Morgan fingerprint density at radius 3 is 2.80 bits per heavy atom. The number of carboxylic acid groups (broad SMARTS) is 1. The molecular formula is C11H12ClFO2. The highest BCUT2D eigenvalue weighted by atomic mass is 35.5. The van der Waals surface area contributed by atoms with Gasteiger partial charge in [-0.05, 0) is 37.0 Å². The second kappa shape index (κ2) is 5.12. The Balaban J connectivity index is 2.69. The van der Waals surface area contributed by atoms with Crippen molar-refractivity contribution >= 4 is 17.6 Å². The SMILES string of the molecule is Cc1cc(CCCC(=O)O)c(Cl)cc1F. The molecule has 0 bridgehead atoms. The van der Waals surface area contributed by atoms with Crippen LogP contribution < -0.4 is 0 Å². The first kappa shape index (κ1) is 12.0. The number of carboxylic acids is 1. The van der Waals surface area contributed by atoms with Gasteiger partial charge in [0.2, 0.25) is 0 Å². The van der Waals surface area contributed by atoms with E-state index in [2.05, 4.69) is 0 Å². The molecule has 0 radical (unpaired) electrons. The molecule has 15 heavy (non-hydrogen) atoms. The van der Waals surface area contributed by atoms with Gasteiger partial charge in [-0.1, -0.05) is 17.7 Å². The standard InChI is InChI=1S/C11H12ClFO2/c1-7-5-8(3-2-4-11(14)15)9(12)6-10(7)13/h5-6H,2-4H2,1H3,(H,14,15). The summed E-state index contributed by atoms with van der Waals surface area (Å²) in [5, 5.41) is 8.83. The van der Waals surface area contributed by atoms with Crippen LogP contribution >= 0.6 is 11.6 Å². The van der Waals surface area contributed by atoms with E-state index in [0.29, 0.717) is 23.4 Å². The van der Waals surface area contributed by atoms with Crippen LogP contribution in [0.4, 0.5) is 4.39 Å². The summed E-state index contributed by atoms with van der Waals surface area (Å²) in [7, 11) is 0. The summed E-state index contributed by atoms with van der Waals surface area (Å²) in [4.78, 5) is 10.3. The number of aliphatic carboxylic acids is 1. The van der Waals surface area contributed by atoms with Gasteiger partial charge in [0.25, 0.3) is 0 Å². The van der Waals surface area contributed by atoms with Gasteiger partial charge in [-0.3, -0.25) is 4.79 Å². The molecular weight excluding hydrogens is 219 g/mol. The lowest BCUT2D eigenvalue weighted by Crippen LogP contribution is -1.97. The van der Waals surface area contributed by atoms with Crippen LogP contribution in [0.15, 0.2) is 12.1 Å². The van der Waals surface area contributed by atoms with E-state index in [1.807, 2.05) is 0 Å². The molecule has 0 saturated heterocycles. The van der Waals surface area contributed by atoms with Crippen LogP contribution in [0.25, 0.3) is 0 Å². The Kier molecular flexibility index (Phi) is 4.09. The van der Waals surface area contributed by atoms with E-state index in [0.717, 1.165) is 5.56 Å². The zero-order chi connectivity index (χ0) is 11.4. The number of halogens is 2. The van der Waals surface area contributed by atoms with Gasteiger partial charge in [0.1, 0.15) is 5.82 Å². The first-order valence-electron chi connectivity index (χ1n) is 4.67. The molecule has 0 amide bonds. The molecule has 0 aromatic heterocycles. The Morgan fingerprint density at radius 2 is 2.20 bits per heavy atom. The highest BCUT2D eigenvalue weighted by Crippen LogP contribution is 2.21. The molecule has 0 aliphatic heterocycles. The first-order valence-corrected chi connectivity index (χ1v) is 5.05. The zero-order valence-corrected chi connectivity index (χ0v) is 9.14. The van der Waals surface area contributed by atoms with E-state index in [4.69, 9.17) is 16.7 Å². The lowest BCUT2D eigenvalue weighted by atomic mass is 10.1. The molecule has 0 atom stereocenters. The Labute approximate surface area is 92.7 Å². The molecule has 1 aromatic rings. The van der Waals surface area contributed by atoms with Crippen molar-refractivity contribution in [3.8, 4) is 0 Å². The minimum Gasteiger partial charge on any atom is -0.481 e. The molecule has 0 aliphatic rings. The third-order valence-corrected chi connectivity index (χ3v) is 2.52. The van der Waals surface area contributed by atoms with Gasteiger partial charge in [-0.15, -0.1) is 0 Å². The van der Waals surface area contributed by atoms with Gasteiger partial charge in [-0.2, -0.15) is 0 Å². The van der Waals surface area contributed by atoms with Crippen molar-refractivity contribution in [3.63, 3.8) is 0 Å². The predicted octanol–water partition coefficient (Wildman–Crippen LogP) is 3.19. The van der Waals surface area contributed by atoms with Crippen molar-refractivity contribution < 1.29 is 14.3 Å². The highest BCUT2D eigenvalue weighted by molar-refractivity contribution is 6.31. The predicted molar refractivity (Wildman–Crippen MR) is 56.7 cm³/mol. The largest absolute Gasteiger partial charge is 0.481 e.